The number of nitrogens with zero attached hydrogens (tertiary/aromatic N) is 2. The molecule has 112 valence electrons. The molecule has 2 aliphatic heterocycles. The minimum atomic E-state index is -0.137. The zero-order chi connectivity index (χ0) is 14.7. The number of amides is 2. The number of fused-ring (bicyclic) bond motifs is 1. The van der Waals surface area contributed by atoms with Gasteiger partial charge >= 0.3 is 0 Å². The normalized spacial score (nSPS) is 19.7. The van der Waals surface area contributed by atoms with E-state index in [2.05, 4.69) is 10.2 Å². The Morgan fingerprint density at radius 2 is 1.81 bits per heavy atom. The van der Waals surface area contributed by atoms with Gasteiger partial charge in [0.25, 0.3) is 5.91 Å². The van der Waals surface area contributed by atoms with Crippen LogP contribution in [0.25, 0.3) is 0 Å². The van der Waals surface area contributed by atoms with Crippen LogP contribution in [0.3, 0.4) is 0 Å². The van der Waals surface area contributed by atoms with E-state index in [1.54, 1.807) is 0 Å². The second-order valence-electron chi connectivity index (χ2n) is 5.63. The van der Waals surface area contributed by atoms with Crippen molar-refractivity contribution in [1.82, 2.24) is 15.1 Å². The van der Waals surface area contributed by atoms with Crippen LogP contribution in [-0.4, -0.2) is 60.9 Å². The van der Waals surface area contributed by atoms with Gasteiger partial charge in [-0.1, -0.05) is 18.2 Å². The summed E-state index contributed by atoms with van der Waals surface area (Å²) in [5.74, 6) is -0.207. The van der Waals surface area contributed by atoms with Gasteiger partial charge in [-0.05, 0) is 24.6 Å². The first kappa shape index (κ1) is 14.2. The van der Waals surface area contributed by atoms with Crippen LogP contribution in [0.15, 0.2) is 24.3 Å². The highest BCUT2D eigenvalue weighted by atomic mass is 16.2. The van der Waals surface area contributed by atoms with Gasteiger partial charge in [-0.15, -0.1) is 0 Å². The van der Waals surface area contributed by atoms with Gasteiger partial charge in [0.05, 0.1) is 6.42 Å². The first-order valence-electron chi connectivity index (χ1n) is 7.61. The van der Waals surface area contributed by atoms with E-state index in [9.17, 15) is 9.59 Å². The Morgan fingerprint density at radius 1 is 1.05 bits per heavy atom. The third-order valence-corrected chi connectivity index (χ3v) is 4.20. The lowest BCUT2D eigenvalue weighted by molar-refractivity contribution is -0.128. The maximum Gasteiger partial charge on any atom is 0.260 e. The van der Waals surface area contributed by atoms with Gasteiger partial charge in [-0.3, -0.25) is 14.5 Å². The molecular formula is C16H21N3O2. The summed E-state index contributed by atoms with van der Waals surface area (Å²) in [5, 5.41) is 3.32. The minimum Gasteiger partial charge on any atom is -0.314 e. The Bertz CT molecular complexity index is 538. The largest absolute Gasteiger partial charge is 0.314 e. The average Bonchev–Trinajstić information content (AvgIpc) is 2.51. The number of piperazine rings is 1. The number of rotatable bonds is 4. The molecule has 0 aliphatic carbocycles. The van der Waals surface area contributed by atoms with Crippen molar-refractivity contribution in [3.05, 3.63) is 35.4 Å². The molecule has 21 heavy (non-hydrogen) atoms. The van der Waals surface area contributed by atoms with Crippen molar-refractivity contribution >= 4 is 11.8 Å². The Morgan fingerprint density at radius 3 is 2.62 bits per heavy atom. The fraction of sp³-hybridized carbons (Fsp3) is 0.500. The van der Waals surface area contributed by atoms with Gasteiger partial charge < -0.3 is 10.2 Å². The predicted octanol–water partition coefficient (Wildman–Crippen LogP) is 0.507. The molecule has 0 atom stereocenters. The third kappa shape index (κ3) is 3.14. The van der Waals surface area contributed by atoms with E-state index in [-0.39, 0.29) is 11.8 Å². The summed E-state index contributed by atoms with van der Waals surface area (Å²) in [6.45, 7) is 5.61. The quantitative estimate of drug-likeness (QED) is 0.820. The van der Waals surface area contributed by atoms with Gasteiger partial charge in [0.15, 0.2) is 0 Å². The summed E-state index contributed by atoms with van der Waals surface area (Å²) in [6.07, 6.45) is 1.19. The molecule has 0 spiro atoms. The van der Waals surface area contributed by atoms with Crippen LogP contribution in [0.5, 0.6) is 0 Å². The molecule has 1 aromatic rings. The summed E-state index contributed by atoms with van der Waals surface area (Å²) < 4.78 is 0. The van der Waals surface area contributed by atoms with Crippen molar-refractivity contribution in [2.75, 3.05) is 39.3 Å². The molecule has 0 radical (unpaired) electrons. The van der Waals surface area contributed by atoms with Gasteiger partial charge in [0.2, 0.25) is 5.91 Å². The van der Waals surface area contributed by atoms with Crippen LogP contribution in [0.1, 0.15) is 22.3 Å². The van der Waals surface area contributed by atoms with E-state index in [1.165, 1.54) is 4.90 Å². The van der Waals surface area contributed by atoms with Gasteiger partial charge in [-0.2, -0.15) is 0 Å². The van der Waals surface area contributed by atoms with Gasteiger partial charge in [-0.25, -0.2) is 0 Å². The van der Waals surface area contributed by atoms with E-state index in [1.807, 2.05) is 24.3 Å². The molecule has 0 unspecified atom stereocenters. The third-order valence-electron chi connectivity index (χ3n) is 4.20. The zero-order valence-corrected chi connectivity index (χ0v) is 12.2. The van der Waals surface area contributed by atoms with E-state index in [0.717, 1.165) is 44.7 Å². The average molecular weight is 287 g/mol. The number of imide groups is 1. The predicted molar refractivity (Wildman–Crippen MR) is 80.1 cm³/mol. The Labute approximate surface area is 124 Å². The lowest BCUT2D eigenvalue weighted by Gasteiger charge is -2.30. The summed E-state index contributed by atoms with van der Waals surface area (Å²) in [4.78, 5) is 28.3. The van der Waals surface area contributed by atoms with Crippen LogP contribution in [0.2, 0.25) is 0 Å². The highest BCUT2D eigenvalue weighted by Crippen LogP contribution is 2.19. The summed E-state index contributed by atoms with van der Waals surface area (Å²) >= 11 is 0. The standard InChI is InChI=1S/C16H21N3O2/c20-15-12-13-4-1-2-5-14(13)16(21)19(15)9-3-8-18-10-6-17-7-11-18/h1-2,4-5,17H,3,6-12H2. The van der Waals surface area contributed by atoms with Crippen molar-refractivity contribution in [3.8, 4) is 0 Å². The summed E-state index contributed by atoms with van der Waals surface area (Å²) in [5.41, 5.74) is 1.53. The Balaban J connectivity index is 1.58. The highest BCUT2D eigenvalue weighted by Gasteiger charge is 2.30. The van der Waals surface area contributed by atoms with Crippen LogP contribution in [-0.2, 0) is 11.2 Å². The molecule has 1 fully saturated rings. The summed E-state index contributed by atoms with van der Waals surface area (Å²) in [7, 11) is 0. The number of carbonyl (C=O) groups is 2. The molecule has 2 amide bonds. The van der Waals surface area contributed by atoms with Crippen LogP contribution in [0, 0.1) is 0 Å². The number of hydrogen-bond acceptors (Lipinski definition) is 4. The number of benzene rings is 1. The van der Waals surface area contributed by atoms with Crippen LogP contribution in [0.4, 0.5) is 0 Å². The van der Waals surface area contributed by atoms with E-state index in [4.69, 9.17) is 0 Å². The summed E-state index contributed by atoms with van der Waals surface area (Å²) in [6, 6.07) is 7.40. The zero-order valence-electron chi connectivity index (χ0n) is 12.2. The second-order valence-corrected chi connectivity index (χ2v) is 5.63. The molecule has 5 nitrogen and oxygen atoms in total. The number of hydrogen-bond donors (Lipinski definition) is 1. The van der Waals surface area contributed by atoms with Crippen molar-refractivity contribution in [2.24, 2.45) is 0 Å². The lowest BCUT2D eigenvalue weighted by Crippen LogP contribution is -2.46. The van der Waals surface area contributed by atoms with Gasteiger partial charge in [0.1, 0.15) is 0 Å². The molecule has 1 saturated heterocycles. The lowest BCUT2D eigenvalue weighted by atomic mass is 9.98. The molecule has 3 rings (SSSR count). The first-order chi connectivity index (χ1) is 10.3. The van der Waals surface area contributed by atoms with E-state index in [0.29, 0.717) is 18.5 Å². The van der Waals surface area contributed by atoms with Crippen LogP contribution >= 0.6 is 0 Å². The number of carbonyl (C=O) groups excluding carboxylic acids is 2. The molecule has 0 saturated carbocycles. The molecule has 5 heteroatoms. The SMILES string of the molecule is O=C1Cc2ccccc2C(=O)N1CCCN1CCNCC1. The van der Waals surface area contributed by atoms with Crippen molar-refractivity contribution < 1.29 is 9.59 Å². The van der Waals surface area contributed by atoms with E-state index < -0.39 is 0 Å². The molecule has 1 aromatic carbocycles. The molecular weight excluding hydrogens is 266 g/mol. The highest BCUT2D eigenvalue weighted by molar-refractivity contribution is 6.09. The molecule has 1 N–H and O–H groups in total. The van der Waals surface area contributed by atoms with Crippen molar-refractivity contribution in [2.45, 2.75) is 12.8 Å². The topological polar surface area (TPSA) is 52.7 Å². The first-order valence-corrected chi connectivity index (χ1v) is 7.61. The fourth-order valence-corrected chi connectivity index (χ4v) is 3.01. The molecule has 2 aliphatic rings. The number of nitrogens with one attached hydrogen (secondary N) is 1. The van der Waals surface area contributed by atoms with Crippen molar-refractivity contribution in [3.63, 3.8) is 0 Å². The maximum absolute atomic E-state index is 12.4. The molecule has 0 aromatic heterocycles. The Hall–Kier alpha value is -1.72. The molecule has 0 bridgehead atoms. The maximum atomic E-state index is 12.4. The van der Waals surface area contributed by atoms with Gasteiger partial charge in [0, 0.05) is 38.3 Å². The Kier molecular flexibility index (Phi) is 4.31. The fourth-order valence-electron chi connectivity index (χ4n) is 3.01. The monoisotopic (exact) mass is 287 g/mol. The van der Waals surface area contributed by atoms with Crippen LogP contribution < -0.4 is 5.32 Å². The second kappa shape index (κ2) is 6.37. The minimum absolute atomic E-state index is 0.0704. The smallest absolute Gasteiger partial charge is 0.260 e. The van der Waals surface area contributed by atoms with Crippen molar-refractivity contribution in [1.29, 1.82) is 0 Å². The van der Waals surface area contributed by atoms with E-state index >= 15 is 0 Å². The molecule has 2 heterocycles.